The van der Waals surface area contributed by atoms with E-state index in [-0.39, 0.29) is 24.0 Å². The predicted octanol–water partition coefficient (Wildman–Crippen LogP) is 2.12. The van der Waals surface area contributed by atoms with Crippen LogP contribution in [0, 0.1) is 0 Å². The molecule has 4 aromatic rings. The number of aromatic amines is 2. The van der Waals surface area contributed by atoms with Crippen LogP contribution in [0.25, 0.3) is 10.9 Å². The van der Waals surface area contributed by atoms with E-state index in [1.54, 1.807) is 25.2 Å². The van der Waals surface area contributed by atoms with E-state index < -0.39 is 0 Å². The summed E-state index contributed by atoms with van der Waals surface area (Å²) >= 11 is 0. The molecule has 5 N–H and O–H groups in total. The summed E-state index contributed by atoms with van der Waals surface area (Å²) in [6, 6.07) is 13.1. The Labute approximate surface area is 185 Å². The zero-order valence-corrected chi connectivity index (χ0v) is 18.2. The van der Waals surface area contributed by atoms with E-state index in [0.717, 1.165) is 35.0 Å². The number of fused-ring (bicyclic) bond motifs is 1. The van der Waals surface area contributed by atoms with Gasteiger partial charge in [-0.3, -0.25) is 9.36 Å². The van der Waals surface area contributed by atoms with Crippen molar-refractivity contribution in [3.63, 3.8) is 0 Å². The normalized spacial score (nSPS) is 11.2. The molecular weight excluding hydrogens is 406 g/mol. The molecule has 166 valence electrons. The minimum absolute atomic E-state index is 0.0927. The largest absolute Gasteiger partial charge is 0.493 e. The highest BCUT2D eigenvalue weighted by Gasteiger charge is 2.15. The van der Waals surface area contributed by atoms with Crippen molar-refractivity contribution < 1.29 is 9.90 Å². The molecular formula is C24H27N5O3. The Hall–Kier alpha value is -3.78. The molecule has 8 heteroatoms. The summed E-state index contributed by atoms with van der Waals surface area (Å²) in [5, 5.41) is 17.6. The number of aromatic nitrogens is 3. The Bertz CT molecular complexity index is 1310. The molecule has 0 aliphatic carbocycles. The molecule has 2 aromatic carbocycles. The van der Waals surface area contributed by atoms with Gasteiger partial charge >= 0.3 is 5.69 Å². The van der Waals surface area contributed by atoms with E-state index in [1.807, 2.05) is 31.4 Å². The summed E-state index contributed by atoms with van der Waals surface area (Å²) in [6.45, 7) is 1.05. The Kier molecular flexibility index (Phi) is 6.13. The Balaban J connectivity index is 1.58. The van der Waals surface area contributed by atoms with Crippen molar-refractivity contribution in [1.82, 2.24) is 25.2 Å². The first-order valence-electron chi connectivity index (χ1n) is 10.5. The number of H-pyrrole nitrogens is 2. The number of amides is 1. The molecule has 0 saturated carbocycles. The van der Waals surface area contributed by atoms with E-state index >= 15 is 0 Å². The number of hydrogen-bond acceptors (Lipinski definition) is 4. The molecule has 0 fully saturated rings. The number of nitrogens with one attached hydrogen (secondary N) is 4. The van der Waals surface area contributed by atoms with Crippen molar-refractivity contribution in [3.8, 4) is 5.88 Å². The molecule has 0 spiro atoms. The number of rotatable bonds is 8. The Morgan fingerprint density at radius 1 is 1.12 bits per heavy atom. The summed E-state index contributed by atoms with van der Waals surface area (Å²) in [5.41, 5.74) is 4.60. The third kappa shape index (κ3) is 4.31. The number of aromatic hydroxyl groups is 1. The molecule has 4 rings (SSSR count). The molecule has 8 nitrogen and oxygen atoms in total. The summed E-state index contributed by atoms with van der Waals surface area (Å²) in [7, 11) is 3.50. The molecule has 0 atom stereocenters. The second-order valence-corrected chi connectivity index (χ2v) is 7.82. The van der Waals surface area contributed by atoms with Gasteiger partial charge in [0.2, 0.25) is 5.88 Å². The van der Waals surface area contributed by atoms with Crippen LogP contribution in [0.2, 0.25) is 0 Å². The number of hydrogen-bond donors (Lipinski definition) is 5. The first kappa shape index (κ1) is 21.5. The maximum Gasteiger partial charge on any atom is 0.328 e. The van der Waals surface area contributed by atoms with E-state index in [1.165, 1.54) is 10.1 Å². The number of carbonyl (C=O) groups is 1. The predicted molar refractivity (Wildman–Crippen MR) is 124 cm³/mol. The molecule has 2 aromatic heterocycles. The van der Waals surface area contributed by atoms with Gasteiger partial charge in [0.15, 0.2) is 0 Å². The summed E-state index contributed by atoms with van der Waals surface area (Å²) in [6.07, 6.45) is 3.33. The fourth-order valence-electron chi connectivity index (χ4n) is 3.93. The number of carbonyl (C=O) groups excluding carboxylic acids is 1. The van der Waals surface area contributed by atoms with Crippen molar-refractivity contribution in [2.24, 2.45) is 0 Å². The second kappa shape index (κ2) is 9.15. The van der Waals surface area contributed by atoms with Gasteiger partial charge in [-0.05, 0) is 61.0 Å². The fraction of sp³-hybridized carbons (Fsp3) is 0.250. The van der Waals surface area contributed by atoms with Gasteiger partial charge in [0.05, 0.1) is 12.2 Å². The average Bonchev–Trinajstić information content (AvgIpc) is 3.32. The van der Waals surface area contributed by atoms with E-state index in [9.17, 15) is 14.7 Å². The number of likely N-dealkylation sites (N-methyl/N-ethyl adjacent to an activating group) is 1. The van der Waals surface area contributed by atoms with Gasteiger partial charge in [-0.1, -0.05) is 18.2 Å². The number of benzene rings is 2. The maximum atomic E-state index is 12.5. The lowest BCUT2D eigenvalue weighted by atomic mass is 10.0. The van der Waals surface area contributed by atoms with E-state index in [4.69, 9.17) is 0 Å². The minimum atomic E-state index is -0.389. The molecule has 0 unspecified atom stereocenters. The van der Waals surface area contributed by atoms with Gasteiger partial charge in [-0.15, -0.1) is 0 Å². The lowest BCUT2D eigenvalue weighted by Crippen LogP contribution is -2.19. The van der Waals surface area contributed by atoms with Crippen LogP contribution in [-0.2, 0) is 19.4 Å². The van der Waals surface area contributed by atoms with Crippen molar-refractivity contribution in [2.45, 2.75) is 19.4 Å². The zero-order chi connectivity index (χ0) is 22.7. The van der Waals surface area contributed by atoms with Gasteiger partial charge in [-0.2, -0.15) is 0 Å². The van der Waals surface area contributed by atoms with Crippen LogP contribution in [0.15, 0.2) is 53.5 Å². The minimum Gasteiger partial charge on any atom is -0.493 e. The van der Waals surface area contributed by atoms with Gasteiger partial charge in [0, 0.05) is 36.1 Å². The standard InChI is InChI=1S/C24H27N5O3/c1-25-9-8-18-13-27-20-7-6-15(11-19(18)20)12-21-23(31)29(24(32)28-21)14-16-4-3-5-17(10-16)22(30)26-2/h3-7,10-11,13,25,27,31H,8-9,12,14H2,1-2H3,(H,26,30)(H,28,32). The van der Waals surface area contributed by atoms with Crippen molar-refractivity contribution >= 4 is 16.8 Å². The van der Waals surface area contributed by atoms with Crippen molar-refractivity contribution in [2.75, 3.05) is 20.6 Å². The average molecular weight is 434 g/mol. The van der Waals surface area contributed by atoms with Crippen LogP contribution in [0.1, 0.15) is 32.7 Å². The lowest BCUT2D eigenvalue weighted by molar-refractivity contribution is 0.0963. The van der Waals surface area contributed by atoms with Gasteiger partial charge in [0.25, 0.3) is 5.91 Å². The topological polar surface area (TPSA) is 115 Å². The van der Waals surface area contributed by atoms with E-state index in [2.05, 4.69) is 26.7 Å². The fourth-order valence-corrected chi connectivity index (χ4v) is 3.93. The third-order valence-electron chi connectivity index (χ3n) is 5.64. The molecule has 1 amide bonds. The van der Waals surface area contributed by atoms with Crippen LogP contribution in [0.5, 0.6) is 5.88 Å². The van der Waals surface area contributed by atoms with Crippen molar-refractivity contribution in [1.29, 1.82) is 0 Å². The van der Waals surface area contributed by atoms with Gasteiger partial charge < -0.3 is 25.7 Å². The quantitative estimate of drug-likeness (QED) is 0.293. The van der Waals surface area contributed by atoms with Crippen LogP contribution in [0.4, 0.5) is 0 Å². The Morgan fingerprint density at radius 3 is 2.75 bits per heavy atom. The van der Waals surface area contributed by atoms with Gasteiger partial charge in [0.1, 0.15) is 0 Å². The second-order valence-electron chi connectivity index (χ2n) is 7.82. The summed E-state index contributed by atoms with van der Waals surface area (Å²) in [5.74, 6) is -0.294. The SMILES string of the molecule is CNCCc1c[nH]c2ccc(Cc3[nH]c(=O)n(Cc4cccc(C(=O)NC)c4)c3O)cc12. The van der Waals surface area contributed by atoms with Crippen LogP contribution < -0.4 is 16.3 Å². The maximum absolute atomic E-state index is 12.5. The highest BCUT2D eigenvalue weighted by molar-refractivity contribution is 5.94. The zero-order valence-electron chi connectivity index (χ0n) is 18.2. The molecule has 32 heavy (non-hydrogen) atoms. The molecule has 0 saturated heterocycles. The van der Waals surface area contributed by atoms with Gasteiger partial charge in [-0.25, -0.2) is 4.79 Å². The molecule has 0 aliphatic heterocycles. The first-order valence-corrected chi connectivity index (χ1v) is 10.5. The van der Waals surface area contributed by atoms with Crippen LogP contribution in [0.3, 0.4) is 0 Å². The first-order chi connectivity index (χ1) is 15.5. The summed E-state index contributed by atoms with van der Waals surface area (Å²) < 4.78 is 1.28. The molecule has 0 bridgehead atoms. The number of imidazole rings is 1. The molecule has 0 aliphatic rings. The lowest BCUT2D eigenvalue weighted by Gasteiger charge is -2.07. The summed E-state index contributed by atoms with van der Waals surface area (Å²) in [4.78, 5) is 30.5. The van der Waals surface area contributed by atoms with E-state index in [0.29, 0.717) is 17.7 Å². The molecule has 0 radical (unpaired) electrons. The third-order valence-corrected chi connectivity index (χ3v) is 5.64. The van der Waals surface area contributed by atoms with Crippen LogP contribution >= 0.6 is 0 Å². The van der Waals surface area contributed by atoms with Crippen molar-refractivity contribution in [3.05, 3.63) is 87.1 Å². The Morgan fingerprint density at radius 2 is 1.97 bits per heavy atom. The monoisotopic (exact) mass is 433 g/mol. The molecule has 2 heterocycles. The smallest absolute Gasteiger partial charge is 0.328 e. The van der Waals surface area contributed by atoms with Crippen LogP contribution in [-0.4, -0.2) is 46.2 Å². The number of nitrogens with zero attached hydrogens (tertiary/aromatic N) is 1. The highest BCUT2D eigenvalue weighted by atomic mass is 16.3. The highest BCUT2D eigenvalue weighted by Crippen LogP contribution is 2.24.